The Bertz CT molecular complexity index is 3690. The van der Waals surface area contributed by atoms with Crippen LogP contribution in [0, 0.1) is 0 Å². The summed E-state index contributed by atoms with van der Waals surface area (Å²) in [5.41, 5.74) is 17.6. The zero-order chi connectivity index (χ0) is 41.2. The van der Waals surface area contributed by atoms with E-state index in [1.807, 2.05) is 0 Å². The Kier molecular flexibility index (Phi) is 7.17. The molecule has 0 bridgehead atoms. The van der Waals surface area contributed by atoms with E-state index in [0.717, 1.165) is 5.69 Å². The lowest BCUT2D eigenvalue weighted by molar-refractivity contribution is 1.17. The second-order valence-electron chi connectivity index (χ2n) is 17.2. The number of hydrogen-bond donors (Lipinski definition) is 0. The van der Waals surface area contributed by atoms with Crippen LogP contribution in [0.15, 0.2) is 231 Å². The molecule has 2 aromatic heterocycles. The number of hydrogen-bond acceptors (Lipinski definition) is 0. The minimum absolute atomic E-state index is 1.15. The molecule has 1 spiro atoms. The molecule has 0 fully saturated rings. The third kappa shape index (κ3) is 4.72. The fourth-order valence-corrected chi connectivity index (χ4v) is 17.2. The maximum atomic E-state index is 2.56. The van der Waals surface area contributed by atoms with Gasteiger partial charge in [-0.3, -0.25) is 0 Å². The number of aromatic nitrogens is 2. The number of para-hydroxylation sites is 1. The first-order chi connectivity index (χ1) is 31.3. The Morgan fingerprint density at radius 3 is 1.19 bits per heavy atom. The highest BCUT2D eigenvalue weighted by atomic mass is 28.3. The lowest BCUT2D eigenvalue weighted by atomic mass is 10.0. The molecular weight excluding hydrogens is 777 g/mol. The van der Waals surface area contributed by atoms with Crippen LogP contribution in [0.3, 0.4) is 0 Å². The molecule has 292 valence electrons. The summed E-state index contributed by atoms with van der Waals surface area (Å²) >= 11 is 0. The van der Waals surface area contributed by atoms with E-state index in [1.54, 1.807) is 0 Å². The largest absolute Gasteiger partial charge is 0.309 e. The molecular formula is C60H38N2Si. The van der Waals surface area contributed by atoms with Gasteiger partial charge in [0.25, 0.3) is 0 Å². The fourth-order valence-electron chi connectivity index (χ4n) is 11.5. The molecule has 0 radical (unpaired) electrons. The van der Waals surface area contributed by atoms with Crippen LogP contribution in [-0.2, 0) is 0 Å². The van der Waals surface area contributed by atoms with Gasteiger partial charge in [0.15, 0.2) is 8.07 Å². The van der Waals surface area contributed by atoms with Crippen molar-refractivity contribution in [1.82, 2.24) is 9.13 Å². The Hall–Kier alpha value is -7.98. The molecule has 0 amide bonds. The summed E-state index contributed by atoms with van der Waals surface area (Å²) in [5, 5.41) is 11.0. The SMILES string of the molecule is c1ccc(-c2ccc3c(c2)c2cc(-c4ccccc4)ccc2n3-c2ccc3c(c2)c2ccccc2n3-c2ccc3c(c2)[Si]2(c4ccccc4-c4ccccc42)c2ccccc2-3)cc1. The van der Waals surface area contributed by atoms with Gasteiger partial charge in [-0.1, -0.05) is 170 Å². The summed E-state index contributed by atoms with van der Waals surface area (Å²) in [7, 11) is -2.60. The average Bonchev–Trinajstić information content (AvgIpc) is 4.06. The fraction of sp³-hybridized carbons (Fsp3) is 0. The van der Waals surface area contributed by atoms with Crippen LogP contribution in [0.1, 0.15) is 0 Å². The molecule has 63 heavy (non-hydrogen) atoms. The van der Waals surface area contributed by atoms with Gasteiger partial charge in [0.1, 0.15) is 0 Å². The van der Waals surface area contributed by atoms with E-state index in [0.29, 0.717) is 0 Å². The normalized spacial score (nSPS) is 13.2. The van der Waals surface area contributed by atoms with E-state index in [1.165, 1.54) is 115 Å². The lowest BCUT2D eigenvalue weighted by Gasteiger charge is -2.28. The molecule has 0 atom stereocenters. The van der Waals surface area contributed by atoms with Crippen LogP contribution in [-0.4, -0.2) is 17.2 Å². The molecule has 2 aliphatic heterocycles. The van der Waals surface area contributed by atoms with E-state index < -0.39 is 8.07 Å². The van der Waals surface area contributed by atoms with Crippen molar-refractivity contribution < 1.29 is 0 Å². The molecule has 4 heterocycles. The van der Waals surface area contributed by atoms with Crippen molar-refractivity contribution in [3.63, 3.8) is 0 Å². The maximum absolute atomic E-state index is 2.60. The zero-order valence-corrected chi connectivity index (χ0v) is 35.3. The summed E-state index contributed by atoms with van der Waals surface area (Å²) < 4.78 is 4.98. The first-order valence-corrected chi connectivity index (χ1v) is 23.9. The van der Waals surface area contributed by atoms with Crippen LogP contribution >= 0.6 is 0 Å². The first-order valence-electron chi connectivity index (χ1n) is 21.9. The highest BCUT2D eigenvalue weighted by molar-refractivity contribution is 7.24. The molecule has 0 unspecified atom stereocenters. The van der Waals surface area contributed by atoms with Crippen LogP contribution in [0.2, 0.25) is 0 Å². The summed E-state index contributed by atoms with van der Waals surface area (Å²) in [6.45, 7) is 0. The van der Waals surface area contributed by atoms with Crippen LogP contribution in [0.5, 0.6) is 0 Å². The topological polar surface area (TPSA) is 9.86 Å². The van der Waals surface area contributed by atoms with Crippen molar-refractivity contribution >= 4 is 72.4 Å². The monoisotopic (exact) mass is 814 g/mol. The van der Waals surface area contributed by atoms with Crippen molar-refractivity contribution in [1.29, 1.82) is 0 Å². The quantitative estimate of drug-likeness (QED) is 0.157. The van der Waals surface area contributed by atoms with Gasteiger partial charge in [0.05, 0.1) is 22.1 Å². The number of nitrogens with zero attached hydrogens (tertiary/aromatic N) is 2. The van der Waals surface area contributed by atoms with E-state index in [2.05, 4.69) is 240 Å². The predicted molar refractivity (Wildman–Crippen MR) is 268 cm³/mol. The van der Waals surface area contributed by atoms with Gasteiger partial charge in [-0.15, -0.1) is 0 Å². The van der Waals surface area contributed by atoms with E-state index in [4.69, 9.17) is 0 Å². The van der Waals surface area contributed by atoms with Crippen molar-refractivity contribution in [2.24, 2.45) is 0 Å². The highest BCUT2D eigenvalue weighted by Crippen LogP contribution is 2.41. The van der Waals surface area contributed by atoms with Crippen molar-refractivity contribution in [2.75, 3.05) is 0 Å². The van der Waals surface area contributed by atoms with Gasteiger partial charge in [0.2, 0.25) is 0 Å². The standard InChI is InChI=1S/C60H38N2Si/c1-3-15-39(16-4-1)41-27-32-54-50(35-41)51-36-42(40-17-5-2-6-18-40)28-33-55(51)61(54)43-30-34-56-52(37-43)45-19-7-11-23-53(45)62(56)44-29-31-49-48-22-10-14-26-59(48)63(60(49)38-44)57-24-12-8-20-46(57)47-21-9-13-25-58(47)63/h1-38H. The molecule has 3 heteroatoms. The van der Waals surface area contributed by atoms with Gasteiger partial charge in [-0.25, -0.2) is 0 Å². The van der Waals surface area contributed by atoms with Crippen molar-refractivity contribution in [3.05, 3.63) is 231 Å². The predicted octanol–water partition coefficient (Wildman–Crippen LogP) is 12.6. The van der Waals surface area contributed by atoms with E-state index in [-0.39, 0.29) is 0 Å². The molecule has 2 nitrogen and oxygen atoms in total. The highest BCUT2D eigenvalue weighted by Gasteiger charge is 2.53. The third-order valence-electron chi connectivity index (χ3n) is 14.1. The summed E-state index contributed by atoms with van der Waals surface area (Å²) in [6.07, 6.45) is 0. The third-order valence-corrected chi connectivity index (χ3v) is 19.1. The average molecular weight is 815 g/mol. The Morgan fingerprint density at radius 1 is 0.238 bits per heavy atom. The Morgan fingerprint density at radius 2 is 0.635 bits per heavy atom. The molecule has 0 saturated heterocycles. The molecule has 10 aromatic carbocycles. The van der Waals surface area contributed by atoms with Crippen LogP contribution in [0.25, 0.3) is 99.5 Å². The van der Waals surface area contributed by atoms with Crippen molar-refractivity contribution in [3.8, 4) is 55.9 Å². The van der Waals surface area contributed by atoms with Crippen LogP contribution < -0.4 is 20.7 Å². The number of rotatable bonds is 4. The molecule has 12 aromatic rings. The Balaban J connectivity index is 0.992. The second kappa shape index (κ2) is 13.0. The van der Waals surface area contributed by atoms with Gasteiger partial charge in [-0.05, 0) is 126 Å². The minimum atomic E-state index is -2.60. The smallest absolute Gasteiger partial charge is 0.182 e. The van der Waals surface area contributed by atoms with E-state index >= 15 is 0 Å². The summed E-state index contributed by atoms with van der Waals surface area (Å²) in [4.78, 5) is 0. The van der Waals surface area contributed by atoms with Gasteiger partial charge < -0.3 is 9.13 Å². The Labute approximate surface area is 366 Å². The molecule has 2 aliphatic rings. The maximum Gasteiger partial charge on any atom is 0.182 e. The van der Waals surface area contributed by atoms with Gasteiger partial charge in [0, 0.05) is 32.9 Å². The summed E-state index contributed by atoms with van der Waals surface area (Å²) in [5.74, 6) is 0. The summed E-state index contributed by atoms with van der Waals surface area (Å²) in [6, 6.07) is 86.4. The molecule has 0 N–H and O–H groups in total. The van der Waals surface area contributed by atoms with Crippen LogP contribution in [0.4, 0.5) is 0 Å². The molecule has 0 saturated carbocycles. The first kappa shape index (κ1) is 34.7. The van der Waals surface area contributed by atoms with Gasteiger partial charge in [-0.2, -0.15) is 0 Å². The number of fused-ring (bicyclic) bond motifs is 16. The second-order valence-corrected chi connectivity index (χ2v) is 20.9. The molecule has 14 rings (SSSR count). The molecule has 0 aliphatic carbocycles. The van der Waals surface area contributed by atoms with E-state index in [9.17, 15) is 0 Å². The number of benzene rings is 10. The minimum Gasteiger partial charge on any atom is -0.309 e. The van der Waals surface area contributed by atoms with Crippen molar-refractivity contribution in [2.45, 2.75) is 0 Å². The van der Waals surface area contributed by atoms with Gasteiger partial charge >= 0.3 is 0 Å². The zero-order valence-electron chi connectivity index (χ0n) is 34.3. The lowest BCUT2D eigenvalue weighted by Crippen LogP contribution is -2.70.